The number of aromatic hydroxyl groups is 1. The highest BCUT2D eigenvalue weighted by atomic mass is 16.5. The van der Waals surface area contributed by atoms with Crippen molar-refractivity contribution in [1.29, 1.82) is 0 Å². The fraction of sp³-hybridized carbons (Fsp3) is 0.176. The molecule has 0 saturated heterocycles. The van der Waals surface area contributed by atoms with Gasteiger partial charge in [0.2, 0.25) is 0 Å². The molecular formula is C17H18N2O4. The van der Waals surface area contributed by atoms with E-state index in [1.807, 2.05) is 13.0 Å². The van der Waals surface area contributed by atoms with Gasteiger partial charge in [-0.25, -0.2) is 5.43 Å². The Morgan fingerprint density at radius 3 is 2.61 bits per heavy atom. The third-order valence-corrected chi connectivity index (χ3v) is 2.78. The molecule has 2 aromatic carbocycles. The number of para-hydroxylation sites is 2. The summed E-state index contributed by atoms with van der Waals surface area (Å²) in [5.74, 6) is 0.830. The summed E-state index contributed by atoms with van der Waals surface area (Å²) in [5.41, 5.74) is 3.03. The topological polar surface area (TPSA) is 80.2 Å². The average molecular weight is 314 g/mol. The Morgan fingerprint density at radius 1 is 1.17 bits per heavy atom. The molecule has 2 aromatic rings. The van der Waals surface area contributed by atoms with Gasteiger partial charge in [-0.15, -0.1) is 0 Å². The Balaban J connectivity index is 1.84. The average Bonchev–Trinajstić information content (AvgIpc) is 2.54. The second-order valence-electron chi connectivity index (χ2n) is 4.56. The Kier molecular flexibility index (Phi) is 5.99. The molecular weight excluding hydrogens is 296 g/mol. The molecule has 23 heavy (non-hydrogen) atoms. The van der Waals surface area contributed by atoms with E-state index in [9.17, 15) is 9.90 Å². The number of nitrogens with one attached hydrogen (secondary N) is 1. The monoisotopic (exact) mass is 314 g/mol. The van der Waals surface area contributed by atoms with E-state index >= 15 is 0 Å². The number of phenolic OH excluding ortho intramolecular Hbond substituents is 1. The number of carbonyl (C=O) groups is 1. The molecule has 6 nitrogen and oxygen atoms in total. The molecule has 120 valence electrons. The van der Waals surface area contributed by atoms with Crippen LogP contribution < -0.4 is 14.9 Å². The summed E-state index contributed by atoms with van der Waals surface area (Å²) in [4.78, 5) is 11.7. The summed E-state index contributed by atoms with van der Waals surface area (Å²) >= 11 is 0. The van der Waals surface area contributed by atoms with Crippen LogP contribution in [0.1, 0.15) is 12.5 Å². The van der Waals surface area contributed by atoms with Crippen molar-refractivity contribution in [2.75, 3.05) is 13.2 Å². The lowest BCUT2D eigenvalue weighted by atomic mass is 10.2. The number of hydrogen-bond acceptors (Lipinski definition) is 5. The van der Waals surface area contributed by atoms with Gasteiger partial charge in [0, 0.05) is 0 Å². The van der Waals surface area contributed by atoms with E-state index in [-0.39, 0.29) is 12.4 Å². The molecule has 0 aromatic heterocycles. The number of hydrogen-bond donors (Lipinski definition) is 2. The van der Waals surface area contributed by atoms with E-state index in [2.05, 4.69) is 10.5 Å². The van der Waals surface area contributed by atoms with Gasteiger partial charge in [-0.3, -0.25) is 4.79 Å². The molecule has 0 radical (unpaired) electrons. The minimum atomic E-state index is -0.396. The number of hydrazone groups is 1. The van der Waals surface area contributed by atoms with Crippen molar-refractivity contribution in [1.82, 2.24) is 5.43 Å². The maximum atomic E-state index is 11.7. The van der Waals surface area contributed by atoms with Crippen LogP contribution in [0.25, 0.3) is 0 Å². The third-order valence-electron chi connectivity index (χ3n) is 2.78. The number of amides is 1. The van der Waals surface area contributed by atoms with E-state index in [1.165, 1.54) is 12.3 Å². The van der Waals surface area contributed by atoms with Crippen LogP contribution in [0.3, 0.4) is 0 Å². The van der Waals surface area contributed by atoms with Crippen molar-refractivity contribution >= 4 is 12.1 Å². The Bertz CT molecular complexity index is 686. The standard InChI is InChI=1S/C17H18N2O4/c1-2-22-15-8-3-4-9-16(15)23-12-17(21)19-18-11-13-6-5-7-14(20)10-13/h3-11,20H,2,12H2,1H3,(H,19,21). The summed E-state index contributed by atoms with van der Waals surface area (Å²) in [5, 5.41) is 13.1. The summed E-state index contributed by atoms with van der Waals surface area (Å²) in [7, 11) is 0. The molecule has 0 aliphatic rings. The third kappa shape index (κ3) is 5.35. The lowest BCUT2D eigenvalue weighted by molar-refractivity contribution is -0.123. The van der Waals surface area contributed by atoms with Crippen molar-refractivity contribution < 1.29 is 19.4 Å². The molecule has 2 N–H and O–H groups in total. The van der Waals surface area contributed by atoms with Crippen molar-refractivity contribution in [2.45, 2.75) is 6.92 Å². The fourth-order valence-electron chi connectivity index (χ4n) is 1.80. The number of rotatable bonds is 7. The van der Waals surface area contributed by atoms with Gasteiger partial charge in [-0.2, -0.15) is 5.10 Å². The van der Waals surface area contributed by atoms with E-state index in [0.717, 1.165) is 0 Å². The van der Waals surface area contributed by atoms with E-state index in [4.69, 9.17) is 9.47 Å². The van der Waals surface area contributed by atoms with E-state index in [0.29, 0.717) is 23.7 Å². The van der Waals surface area contributed by atoms with Gasteiger partial charge in [0.05, 0.1) is 12.8 Å². The van der Waals surface area contributed by atoms with Gasteiger partial charge in [0.1, 0.15) is 5.75 Å². The van der Waals surface area contributed by atoms with Crippen LogP contribution in [-0.4, -0.2) is 30.4 Å². The van der Waals surface area contributed by atoms with Gasteiger partial charge in [-0.05, 0) is 36.8 Å². The number of nitrogens with zero attached hydrogens (tertiary/aromatic N) is 1. The molecule has 0 bridgehead atoms. The first kappa shape index (κ1) is 16.4. The molecule has 0 fully saturated rings. The minimum absolute atomic E-state index is 0.135. The summed E-state index contributed by atoms with van der Waals surface area (Å²) in [6, 6.07) is 13.7. The molecule has 0 aliphatic heterocycles. The molecule has 0 spiro atoms. The first-order chi connectivity index (χ1) is 11.2. The van der Waals surface area contributed by atoms with Gasteiger partial charge < -0.3 is 14.6 Å². The Hall–Kier alpha value is -3.02. The maximum absolute atomic E-state index is 11.7. The molecule has 0 heterocycles. The number of phenols is 1. The van der Waals surface area contributed by atoms with Crippen molar-refractivity contribution in [3.63, 3.8) is 0 Å². The molecule has 1 amide bonds. The Labute approximate surface area is 134 Å². The van der Waals surface area contributed by atoms with Crippen LogP contribution in [0.4, 0.5) is 0 Å². The summed E-state index contributed by atoms with van der Waals surface area (Å²) in [6.07, 6.45) is 1.44. The zero-order chi connectivity index (χ0) is 16.5. The second kappa shape index (κ2) is 8.43. The zero-order valence-corrected chi connectivity index (χ0v) is 12.7. The normalized spacial score (nSPS) is 10.5. The van der Waals surface area contributed by atoms with Crippen LogP contribution in [0.5, 0.6) is 17.2 Å². The van der Waals surface area contributed by atoms with Crippen LogP contribution >= 0.6 is 0 Å². The minimum Gasteiger partial charge on any atom is -0.508 e. The molecule has 0 atom stereocenters. The van der Waals surface area contributed by atoms with Crippen LogP contribution in [0.15, 0.2) is 53.6 Å². The Morgan fingerprint density at radius 2 is 1.91 bits per heavy atom. The summed E-state index contributed by atoms with van der Waals surface area (Å²) < 4.78 is 10.8. The first-order valence-corrected chi connectivity index (χ1v) is 7.14. The van der Waals surface area contributed by atoms with Crippen molar-refractivity contribution in [3.8, 4) is 17.2 Å². The van der Waals surface area contributed by atoms with Crippen LogP contribution in [0.2, 0.25) is 0 Å². The second-order valence-corrected chi connectivity index (χ2v) is 4.56. The van der Waals surface area contributed by atoms with Crippen LogP contribution in [-0.2, 0) is 4.79 Å². The van der Waals surface area contributed by atoms with Crippen molar-refractivity contribution in [3.05, 3.63) is 54.1 Å². The van der Waals surface area contributed by atoms with Gasteiger partial charge in [0.25, 0.3) is 5.91 Å². The molecule has 6 heteroatoms. The van der Waals surface area contributed by atoms with E-state index < -0.39 is 5.91 Å². The zero-order valence-electron chi connectivity index (χ0n) is 12.7. The smallest absolute Gasteiger partial charge is 0.277 e. The molecule has 0 aliphatic carbocycles. The lowest BCUT2D eigenvalue weighted by Crippen LogP contribution is -2.24. The number of carbonyl (C=O) groups excluding carboxylic acids is 1. The van der Waals surface area contributed by atoms with Gasteiger partial charge in [-0.1, -0.05) is 24.3 Å². The predicted molar refractivity (Wildman–Crippen MR) is 86.9 cm³/mol. The quantitative estimate of drug-likeness (QED) is 0.607. The largest absolute Gasteiger partial charge is 0.508 e. The fourth-order valence-corrected chi connectivity index (χ4v) is 1.80. The lowest BCUT2D eigenvalue weighted by Gasteiger charge is -2.10. The highest BCUT2D eigenvalue weighted by Gasteiger charge is 2.06. The van der Waals surface area contributed by atoms with Crippen LogP contribution in [0, 0.1) is 0 Å². The summed E-state index contributed by atoms with van der Waals surface area (Å²) in [6.45, 7) is 2.21. The van der Waals surface area contributed by atoms with Gasteiger partial charge in [0.15, 0.2) is 18.1 Å². The molecule has 0 saturated carbocycles. The van der Waals surface area contributed by atoms with E-state index in [1.54, 1.807) is 36.4 Å². The number of benzene rings is 2. The maximum Gasteiger partial charge on any atom is 0.277 e. The number of ether oxygens (including phenoxy) is 2. The van der Waals surface area contributed by atoms with Crippen molar-refractivity contribution in [2.24, 2.45) is 5.10 Å². The SMILES string of the molecule is CCOc1ccccc1OCC(=O)NN=Cc1cccc(O)c1. The molecule has 0 unspecified atom stereocenters. The highest BCUT2D eigenvalue weighted by molar-refractivity contribution is 5.83. The highest BCUT2D eigenvalue weighted by Crippen LogP contribution is 2.26. The van der Waals surface area contributed by atoms with Gasteiger partial charge >= 0.3 is 0 Å². The molecule has 2 rings (SSSR count). The predicted octanol–water partition coefficient (Wildman–Crippen LogP) is 2.32. The first-order valence-electron chi connectivity index (χ1n) is 7.14.